The van der Waals surface area contributed by atoms with Crippen molar-refractivity contribution in [3.05, 3.63) is 51.9 Å². The number of likely N-dealkylation sites (tertiary alicyclic amines) is 1. The number of aliphatic carboxylic acids is 1. The summed E-state index contributed by atoms with van der Waals surface area (Å²) < 4.78 is 37.9. The molecule has 3 aliphatic rings. The van der Waals surface area contributed by atoms with E-state index in [1.807, 2.05) is 18.2 Å². The number of halogens is 4. The fourth-order valence-corrected chi connectivity index (χ4v) is 6.31. The van der Waals surface area contributed by atoms with E-state index >= 15 is 0 Å². The van der Waals surface area contributed by atoms with Crippen molar-refractivity contribution in [3.8, 4) is 6.07 Å². The normalized spacial score (nSPS) is 18.7. The van der Waals surface area contributed by atoms with Crippen LogP contribution in [0.3, 0.4) is 0 Å². The molecule has 1 saturated carbocycles. The van der Waals surface area contributed by atoms with E-state index < -0.39 is 12.1 Å². The lowest BCUT2D eigenvalue weighted by atomic mass is 10.0. The second-order valence-corrected chi connectivity index (χ2v) is 12.0. The molecule has 2 aromatic rings. The van der Waals surface area contributed by atoms with Gasteiger partial charge in [0.25, 0.3) is 0 Å². The van der Waals surface area contributed by atoms with Gasteiger partial charge in [0.2, 0.25) is 5.82 Å². The SMILES string of the molecule is N#Cc1ncc(Br)c(N(CC(=O)c2ccc(CN3CCC(N4CCOCC4)CC3)cc2)C2CCCC2)n1.O=C(O)C(F)(F)F. The number of hydrogen-bond donors (Lipinski definition) is 1. The zero-order chi connectivity index (χ0) is 31.7. The number of morpholine rings is 1. The Hall–Kier alpha value is -3.12. The quantitative estimate of drug-likeness (QED) is 0.394. The average molecular weight is 682 g/mol. The molecular formula is C30H36BrF3N6O4. The van der Waals surface area contributed by atoms with Crippen LogP contribution in [0.5, 0.6) is 0 Å². The van der Waals surface area contributed by atoms with Gasteiger partial charge in [-0.1, -0.05) is 37.1 Å². The lowest BCUT2D eigenvalue weighted by Gasteiger charge is -2.40. The van der Waals surface area contributed by atoms with Crippen molar-refractivity contribution in [1.82, 2.24) is 19.8 Å². The van der Waals surface area contributed by atoms with Crippen LogP contribution in [0.4, 0.5) is 19.0 Å². The Balaban J connectivity index is 0.000000566. The smallest absolute Gasteiger partial charge is 0.475 e. The number of nitriles is 1. The Morgan fingerprint density at radius 1 is 1.07 bits per heavy atom. The first-order valence-corrected chi connectivity index (χ1v) is 15.5. The van der Waals surface area contributed by atoms with Gasteiger partial charge in [0.05, 0.1) is 24.2 Å². The Morgan fingerprint density at radius 2 is 1.68 bits per heavy atom. The maximum absolute atomic E-state index is 13.3. The summed E-state index contributed by atoms with van der Waals surface area (Å²) in [5, 5.41) is 16.4. The molecule has 0 unspecified atom stereocenters. The number of piperidine rings is 1. The molecule has 5 rings (SSSR count). The highest BCUT2D eigenvalue weighted by molar-refractivity contribution is 9.10. The first-order chi connectivity index (χ1) is 21.0. The van der Waals surface area contributed by atoms with E-state index in [0.29, 0.717) is 21.9 Å². The third kappa shape index (κ3) is 9.44. The average Bonchev–Trinajstić information content (AvgIpc) is 3.56. The maximum atomic E-state index is 13.3. The zero-order valence-corrected chi connectivity index (χ0v) is 25.9. The first kappa shape index (κ1) is 33.8. The summed E-state index contributed by atoms with van der Waals surface area (Å²) in [6, 6.07) is 11.0. The van der Waals surface area contributed by atoms with Gasteiger partial charge < -0.3 is 14.7 Å². The summed E-state index contributed by atoms with van der Waals surface area (Å²) in [6.45, 7) is 7.22. The second-order valence-electron chi connectivity index (χ2n) is 11.1. The fraction of sp³-hybridized carbons (Fsp3) is 0.567. The van der Waals surface area contributed by atoms with Gasteiger partial charge in [-0.05, 0) is 60.3 Å². The van der Waals surface area contributed by atoms with Gasteiger partial charge >= 0.3 is 12.1 Å². The van der Waals surface area contributed by atoms with E-state index in [0.717, 1.165) is 71.6 Å². The molecule has 1 aromatic carbocycles. The largest absolute Gasteiger partial charge is 0.490 e. The minimum Gasteiger partial charge on any atom is -0.475 e. The monoisotopic (exact) mass is 680 g/mol. The van der Waals surface area contributed by atoms with Gasteiger partial charge in [0, 0.05) is 43.5 Å². The third-order valence-corrected chi connectivity index (χ3v) is 8.78. The van der Waals surface area contributed by atoms with E-state index in [2.05, 4.69) is 52.7 Å². The predicted octanol–water partition coefficient (Wildman–Crippen LogP) is 4.67. The number of carboxylic acid groups (broad SMARTS) is 1. The fourth-order valence-electron chi connectivity index (χ4n) is 5.89. The Bertz CT molecular complexity index is 1300. The van der Waals surface area contributed by atoms with Crippen LogP contribution < -0.4 is 4.90 Å². The number of aromatic nitrogens is 2. The molecule has 1 N–H and O–H groups in total. The standard InChI is InChI=1S/C28H35BrN6O2.C2HF3O2/c29-25-18-31-27(17-30)32-28(25)35(24-3-1-2-4-24)20-26(36)22-7-5-21(6-8-22)19-33-11-9-23(10-12-33)34-13-15-37-16-14-34;3-2(4,5)1(6)7/h5-8,18,23-24H,1-4,9-16,19-20H2;(H,6,7). The van der Waals surface area contributed by atoms with E-state index in [1.165, 1.54) is 18.4 Å². The summed E-state index contributed by atoms with van der Waals surface area (Å²) in [4.78, 5) is 37.9. The Morgan fingerprint density at radius 3 is 2.25 bits per heavy atom. The molecule has 0 spiro atoms. The van der Waals surface area contributed by atoms with E-state index in [4.69, 9.17) is 14.6 Å². The van der Waals surface area contributed by atoms with E-state index in [9.17, 15) is 23.2 Å². The van der Waals surface area contributed by atoms with Gasteiger partial charge in [-0.3, -0.25) is 14.6 Å². The molecule has 1 aliphatic carbocycles. The number of nitrogens with zero attached hydrogens (tertiary/aromatic N) is 6. The lowest BCUT2D eigenvalue weighted by molar-refractivity contribution is -0.192. The Kier molecular flexibility index (Phi) is 12.1. The number of benzene rings is 1. The number of rotatable bonds is 8. The number of anilines is 1. The number of carbonyl (C=O) groups is 2. The van der Waals surface area contributed by atoms with E-state index in [-0.39, 0.29) is 24.2 Å². The molecule has 0 amide bonds. The van der Waals surface area contributed by atoms with Gasteiger partial charge in [-0.25, -0.2) is 14.8 Å². The molecule has 1 aromatic heterocycles. The number of hydrogen-bond acceptors (Lipinski definition) is 9. The van der Waals surface area contributed by atoms with Crippen LogP contribution in [0.1, 0.15) is 60.3 Å². The molecule has 14 heteroatoms. The van der Waals surface area contributed by atoms with Crippen molar-refractivity contribution in [2.75, 3.05) is 50.8 Å². The predicted molar refractivity (Wildman–Crippen MR) is 159 cm³/mol. The molecule has 2 aliphatic heterocycles. The number of Topliss-reactive ketones (excluding diaryl/α,β-unsaturated/α-hetero) is 1. The summed E-state index contributed by atoms with van der Waals surface area (Å²) in [5.41, 5.74) is 1.95. The van der Waals surface area contributed by atoms with Crippen LogP contribution in [0, 0.1) is 11.3 Å². The topological polar surface area (TPSA) is 123 Å². The number of carboxylic acids is 1. The van der Waals surface area contributed by atoms with Gasteiger partial charge in [-0.15, -0.1) is 0 Å². The summed E-state index contributed by atoms with van der Waals surface area (Å²) >= 11 is 3.54. The minimum atomic E-state index is -5.08. The van der Waals surface area contributed by atoms with Crippen molar-refractivity contribution in [1.29, 1.82) is 5.26 Å². The number of alkyl halides is 3. The van der Waals surface area contributed by atoms with Gasteiger partial charge in [0.15, 0.2) is 5.78 Å². The minimum absolute atomic E-state index is 0.0637. The van der Waals surface area contributed by atoms with Crippen molar-refractivity contribution in [2.45, 2.75) is 63.3 Å². The highest BCUT2D eigenvalue weighted by atomic mass is 79.9. The molecule has 3 fully saturated rings. The number of ketones is 1. The molecule has 238 valence electrons. The molecular weight excluding hydrogens is 645 g/mol. The molecule has 0 radical (unpaired) electrons. The van der Waals surface area contributed by atoms with Crippen LogP contribution in [0.15, 0.2) is 34.9 Å². The highest BCUT2D eigenvalue weighted by Gasteiger charge is 2.38. The van der Waals surface area contributed by atoms with Crippen molar-refractivity contribution in [3.63, 3.8) is 0 Å². The van der Waals surface area contributed by atoms with Crippen molar-refractivity contribution >= 4 is 33.5 Å². The molecule has 2 saturated heterocycles. The van der Waals surface area contributed by atoms with Crippen molar-refractivity contribution in [2.24, 2.45) is 0 Å². The lowest BCUT2D eigenvalue weighted by Crippen LogP contribution is -2.48. The second kappa shape index (κ2) is 15.7. The van der Waals surface area contributed by atoms with Crippen LogP contribution in [0.25, 0.3) is 0 Å². The molecule has 0 atom stereocenters. The first-order valence-electron chi connectivity index (χ1n) is 14.7. The van der Waals surface area contributed by atoms with Gasteiger partial charge in [-0.2, -0.15) is 18.4 Å². The maximum Gasteiger partial charge on any atom is 0.490 e. The molecule has 44 heavy (non-hydrogen) atoms. The highest BCUT2D eigenvalue weighted by Crippen LogP contribution is 2.32. The van der Waals surface area contributed by atoms with Gasteiger partial charge in [0.1, 0.15) is 11.9 Å². The van der Waals surface area contributed by atoms with Crippen LogP contribution in [-0.4, -0.2) is 101 Å². The number of ether oxygens (including phenoxy) is 1. The van der Waals surface area contributed by atoms with Crippen molar-refractivity contribution < 1.29 is 32.6 Å². The van der Waals surface area contributed by atoms with E-state index in [1.54, 1.807) is 6.20 Å². The molecule has 10 nitrogen and oxygen atoms in total. The summed E-state index contributed by atoms with van der Waals surface area (Å²) in [6.07, 6.45) is 3.26. The van der Waals surface area contributed by atoms with Crippen LogP contribution in [0.2, 0.25) is 0 Å². The molecule has 0 bridgehead atoms. The Labute approximate surface area is 262 Å². The summed E-state index contributed by atoms with van der Waals surface area (Å²) in [5.74, 6) is -1.95. The zero-order valence-electron chi connectivity index (χ0n) is 24.3. The molecule has 3 heterocycles. The number of carbonyl (C=O) groups excluding carboxylic acids is 1. The van der Waals surface area contributed by atoms with Crippen LogP contribution in [-0.2, 0) is 16.1 Å². The van der Waals surface area contributed by atoms with Crippen LogP contribution >= 0.6 is 15.9 Å². The summed E-state index contributed by atoms with van der Waals surface area (Å²) in [7, 11) is 0. The third-order valence-electron chi connectivity index (χ3n) is 8.22.